The molecule has 0 spiro atoms. The number of carbonyl (C=O) groups is 1. The minimum atomic E-state index is -0.655. The second kappa shape index (κ2) is 6.79. The lowest BCUT2D eigenvalue weighted by Gasteiger charge is -2.02. The molecule has 23 heavy (non-hydrogen) atoms. The molecule has 0 aliphatic carbocycles. The Morgan fingerprint density at radius 3 is 2.22 bits per heavy atom. The van der Waals surface area contributed by atoms with Gasteiger partial charge < -0.3 is 9.15 Å². The molecular formula is C18H15NO4. The lowest BCUT2D eigenvalue weighted by molar-refractivity contribution is 0.0434. The summed E-state index contributed by atoms with van der Waals surface area (Å²) < 4.78 is 11.5. The van der Waals surface area contributed by atoms with Gasteiger partial charge in [0.2, 0.25) is 5.76 Å². The zero-order chi connectivity index (χ0) is 16.1. The summed E-state index contributed by atoms with van der Waals surface area (Å²) in [5, 5.41) is 0. The van der Waals surface area contributed by atoms with E-state index in [1.165, 1.54) is 10.8 Å². The monoisotopic (exact) mass is 309 g/mol. The van der Waals surface area contributed by atoms with Crippen molar-refractivity contribution in [1.82, 2.24) is 4.57 Å². The van der Waals surface area contributed by atoms with Gasteiger partial charge in [0.05, 0.1) is 12.7 Å². The third-order valence-corrected chi connectivity index (χ3v) is 3.31. The summed E-state index contributed by atoms with van der Waals surface area (Å²) in [6.45, 7) is 0.475. The lowest BCUT2D eigenvalue weighted by atomic mass is 10.2. The van der Waals surface area contributed by atoms with E-state index in [1.807, 2.05) is 60.7 Å². The molecule has 0 amide bonds. The average Bonchev–Trinajstić information content (AvgIpc) is 2.95. The first-order chi connectivity index (χ1) is 11.2. The second-order valence-corrected chi connectivity index (χ2v) is 5.04. The van der Waals surface area contributed by atoms with Crippen LogP contribution in [0.4, 0.5) is 0 Å². The topological polar surface area (TPSA) is 61.4 Å². The van der Waals surface area contributed by atoms with Gasteiger partial charge in [-0.25, -0.2) is 9.59 Å². The van der Waals surface area contributed by atoms with Gasteiger partial charge in [0.15, 0.2) is 0 Å². The first-order valence-electron chi connectivity index (χ1n) is 7.17. The number of carbonyl (C=O) groups excluding carboxylic acids is 1. The van der Waals surface area contributed by atoms with Crippen molar-refractivity contribution in [3.8, 4) is 0 Å². The van der Waals surface area contributed by atoms with Crippen molar-refractivity contribution in [2.75, 3.05) is 0 Å². The van der Waals surface area contributed by atoms with Gasteiger partial charge in [0, 0.05) is 0 Å². The van der Waals surface area contributed by atoms with Crippen LogP contribution in [0, 0.1) is 0 Å². The Bertz CT molecular complexity index is 834. The molecular weight excluding hydrogens is 294 g/mol. The van der Waals surface area contributed by atoms with E-state index in [1.54, 1.807) is 0 Å². The first-order valence-corrected chi connectivity index (χ1v) is 7.17. The zero-order valence-corrected chi connectivity index (χ0v) is 12.3. The largest absolute Gasteiger partial charge is 0.455 e. The molecule has 5 heteroatoms. The van der Waals surface area contributed by atoms with Crippen molar-refractivity contribution in [2.45, 2.75) is 13.2 Å². The molecule has 0 atom stereocenters. The molecule has 3 aromatic rings. The number of benzene rings is 2. The molecule has 1 aromatic heterocycles. The highest BCUT2D eigenvalue weighted by molar-refractivity contribution is 5.85. The van der Waals surface area contributed by atoms with Crippen LogP contribution in [0.15, 0.2) is 76.1 Å². The fourth-order valence-electron chi connectivity index (χ4n) is 2.15. The number of rotatable bonds is 5. The Hall–Kier alpha value is -3.08. The summed E-state index contributed by atoms with van der Waals surface area (Å²) in [6.07, 6.45) is 1.38. The fraction of sp³-hybridized carbons (Fsp3) is 0.111. The van der Waals surface area contributed by atoms with Gasteiger partial charge in [-0.05, 0) is 11.1 Å². The number of aromatic nitrogens is 1. The van der Waals surface area contributed by atoms with Gasteiger partial charge >= 0.3 is 11.7 Å². The van der Waals surface area contributed by atoms with E-state index < -0.39 is 11.7 Å². The summed E-state index contributed by atoms with van der Waals surface area (Å²) in [6, 6.07) is 18.8. The van der Waals surface area contributed by atoms with Gasteiger partial charge in [0.25, 0.3) is 0 Å². The lowest BCUT2D eigenvalue weighted by Crippen LogP contribution is -2.13. The van der Waals surface area contributed by atoms with Crippen molar-refractivity contribution < 1.29 is 13.9 Å². The molecule has 0 unspecified atom stereocenters. The Balaban J connectivity index is 1.68. The predicted molar refractivity (Wildman–Crippen MR) is 84.1 cm³/mol. The SMILES string of the molecule is O=C(OCc1ccccc1)c1cn(Cc2ccccc2)c(=O)o1. The highest BCUT2D eigenvalue weighted by Crippen LogP contribution is 2.07. The maximum Gasteiger partial charge on any atom is 0.420 e. The van der Waals surface area contributed by atoms with Crippen LogP contribution >= 0.6 is 0 Å². The zero-order valence-electron chi connectivity index (χ0n) is 12.3. The van der Waals surface area contributed by atoms with Gasteiger partial charge in [-0.2, -0.15) is 0 Å². The van der Waals surface area contributed by atoms with E-state index in [0.717, 1.165) is 11.1 Å². The Kier molecular flexibility index (Phi) is 4.38. The second-order valence-electron chi connectivity index (χ2n) is 5.04. The third kappa shape index (κ3) is 3.77. The van der Waals surface area contributed by atoms with Crippen LogP contribution in [0.5, 0.6) is 0 Å². The molecule has 0 saturated heterocycles. The fourth-order valence-corrected chi connectivity index (χ4v) is 2.15. The van der Waals surface area contributed by atoms with E-state index in [-0.39, 0.29) is 12.4 Å². The minimum absolute atomic E-state index is 0.0955. The van der Waals surface area contributed by atoms with Crippen molar-refractivity contribution in [2.24, 2.45) is 0 Å². The number of esters is 1. The van der Waals surface area contributed by atoms with E-state index in [4.69, 9.17) is 9.15 Å². The van der Waals surface area contributed by atoms with Crippen LogP contribution in [0.1, 0.15) is 21.7 Å². The van der Waals surface area contributed by atoms with E-state index in [9.17, 15) is 9.59 Å². The van der Waals surface area contributed by atoms with Crippen LogP contribution in [0.2, 0.25) is 0 Å². The molecule has 0 saturated carbocycles. The molecule has 0 N–H and O–H groups in total. The quantitative estimate of drug-likeness (QED) is 0.680. The normalized spacial score (nSPS) is 10.4. The summed E-state index contributed by atoms with van der Waals surface area (Å²) in [7, 11) is 0. The van der Waals surface area contributed by atoms with Crippen LogP contribution in [-0.4, -0.2) is 10.5 Å². The Morgan fingerprint density at radius 1 is 0.957 bits per heavy atom. The summed E-state index contributed by atoms with van der Waals surface area (Å²) in [5.74, 6) is -1.33. The maximum atomic E-state index is 12.0. The molecule has 2 aromatic carbocycles. The summed E-state index contributed by atoms with van der Waals surface area (Å²) >= 11 is 0. The molecule has 5 nitrogen and oxygen atoms in total. The summed E-state index contributed by atoms with van der Waals surface area (Å²) in [5.41, 5.74) is 1.81. The Labute approximate surface area is 132 Å². The van der Waals surface area contributed by atoms with Crippen molar-refractivity contribution in [1.29, 1.82) is 0 Å². The van der Waals surface area contributed by atoms with Crippen LogP contribution in [0.3, 0.4) is 0 Å². The molecule has 0 aliphatic heterocycles. The summed E-state index contributed by atoms with van der Waals surface area (Å²) in [4.78, 5) is 23.8. The molecule has 0 bridgehead atoms. The van der Waals surface area contributed by atoms with E-state index in [0.29, 0.717) is 6.54 Å². The van der Waals surface area contributed by atoms with Crippen LogP contribution < -0.4 is 5.76 Å². The van der Waals surface area contributed by atoms with Crippen molar-refractivity contribution in [3.63, 3.8) is 0 Å². The van der Waals surface area contributed by atoms with Gasteiger partial charge in [-0.15, -0.1) is 0 Å². The molecule has 0 radical (unpaired) electrons. The number of hydrogen-bond donors (Lipinski definition) is 0. The Morgan fingerprint density at radius 2 is 1.57 bits per heavy atom. The molecule has 116 valence electrons. The van der Waals surface area contributed by atoms with E-state index >= 15 is 0 Å². The number of ether oxygens (including phenoxy) is 1. The van der Waals surface area contributed by atoms with Gasteiger partial charge in [0.1, 0.15) is 6.61 Å². The van der Waals surface area contributed by atoms with Crippen LogP contribution in [-0.2, 0) is 17.9 Å². The van der Waals surface area contributed by atoms with Crippen molar-refractivity contribution in [3.05, 3.63) is 94.3 Å². The first kappa shape index (κ1) is 14.8. The highest BCUT2D eigenvalue weighted by Gasteiger charge is 2.15. The van der Waals surface area contributed by atoms with Gasteiger partial charge in [-0.3, -0.25) is 4.57 Å². The van der Waals surface area contributed by atoms with Crippen molar-refractivity contribution >= 4 is 5.97 Å². The molecule has 3 rings (SSSR count). The number of hydrogen-bond acceptors (Lipinski definition) is 4. The average molecular weight is 309 g/mol. The smallest absolute Gasteiger partial charge is 0.420 e. The minimum Gasteiger partial charge on any atom is -0.455 e. The number of nitrogens with zero attached hydrogens (tertiary/aromatic N) is 1. The third-order valence-electron chi connectivity index (χ3n) is 3.31. The standard InChI is InChI=1S/C18H15NO4/c20-17(22-13-15-9-5-2-6-10-15)16-12-19(18(21)23-16)11-14-7-3-1-4-8-14/h1-10,12H,11,13H2. The maximum absolute atomic E-state index is 12.0. The molecule has 0 aliphatic rings. The predicted octanol–water partition coefficient (Wildman–Crippen LogP) is 2.85. The number of oxazole rings is 1. The molecule has 1 heterocycles. The van der Waals surface area contributed by atoms with Crippen LogP contribution in [0.25, 0.3) is 0 Å². The van der Waals surface area contributed by atoms with E-state index in [2.05, 4.69) is 0 Å². The highest BCUT2D eigenvalue weighted by atomic mass is 16.5. The molecule has 0 fully saturated rings. The van der Waals surface area contributed by atoms with Gasteiger partial charge in [-0.1, -0.05) is 60.7 Å².